The normalized spacial score (nSPS) is 19.8. The number of aliphatic hydroxyl groups is 1. The van der Waals surface area contributed by atoms with Gasteiger partial charge in [0.05, 0.1) is 12.3 Å². The van der Waals surface area contributed by atoms with Gasteiger partial charge >= 0.3 is 0 Å². The Morgan fingerprint density at radius 3 is 2.33 bits per heavy atom. The number of aromatic amines is 1. The standard InChI is InChI=1S/C14H25N3O3S/c1-4-14(5-2)6-8-17(9-7-14)21(19,20)13-11(3)15-16-12(13)10-18/h18H,4-10H2,1-3H3,(H,15,16). The van der Waals surface area contributed by atoms with Crippen molar-refractivity contribution in [2.24, 2.45) is 5.41 Å². The Morgan fingerprint density at radius 1 is 1.29 bits per heavy atom. The minimum absolute atomic E-state index is 0.144. The Morgan fingerprint density at radius 2 is 1.86 bits per heavy atom. The van der Waals surface area contributed by atoms with Gasteiger partial charge in [-0.05, 0) is 25.2 Å². The van der Waals surface area contributed by atoms with E-state index in [-0.39, 0.29) is 22.6 Å². The van der Waals surface area contributed by atoms with Crippen molar-refractivity contribution in [3.8, 4) is 0 Å². The molecule has 0 amide bonds. The lowest BCUT2D eigenvalue weighted by Crippen LogP contribution is -2.43. The third kappa shape index (κ3) is 2.86. The number of rotatable bonds is 5. The molecule has 0 aliphatic carbocycles. The number of H-pyrrole nitrogens is 1. The van der Waals surface area contributed by atoms with Crippen molar-refractivity contribution < 1.29 is 13.5 Å². The van der Waals surface area contributed by atoms with Gasteiger partial charge in [-0.3, -0.25) is 5.10 Å². The molecule has 0 aromatic carbocycles. The third-order valence-corrected chi connectivity index (χ3v) is 7.09. The number of nitrogens with one attached hydrogen (secondary N) is 1. The Bertz CT molecular complexity index is 581. The molecule has 1 aliphatic heterocycles. The fourth-order valence-electron chi connectivity index (χ4n) is 3.21. The molecule has 0 atom stereocenters. The van der Waals surface area contributed by atoms with E-state index < -0.39 is 10.0 Å². The number of sulfonamides is 1. The predicted molar refractivity (Wildman–Crippen MR) is 80.3 cm³/mol. The summed E-state index contributed by atoms with van der Waals surface area (Å²) >= 11 is 0. The van der Waals surface area contributed by atoms with Crippen molar-refractivity contribution >= 4 is 10.0 Å². The first kappa shape index (κ1) is 16.5. The summed E-state index contributed by atoms with van der Waals surface area (Å²) in [4.78, 5) is 0.144. The predicted octanol–water partition coefficient (Wildman–Crippen LogP) is 1.80. The molecule has 1 saturated heterocycles. The minimum atomic E-state index is -3.58. The molecular formula is C14H25N3O3S. The molecule has 1 aromatic rings. The summed E-state index contributed by atoms with van der Waals surface area (Å²) in [7, 11) is -3.58. The van der Waals surface area contributed by atoms with Crippen LogP contribution in [0.2, 0.25) is 0 Å². The molecule has 0 unspecified atom stereocenters. The van der Waals surface area contributed by atoms with E-state index in [0.29, 0.717) is 18.8 Å². The van der Waals surface area contributed by atoms with E-state index in [1.54, 1.807) is 6.92 Å². The van der Waals surface area contributed by atoms with Crippen LogP contribution in [0.25, 0.3) is 0 Å². The van der Waals surface area contributed by atoms with Crippen LogP contribution in [0.1, 0.15) is 50.9 Å². The van der Waals surface area contributed by atoms with Gasteiger partial charge in [-0.25, -0.2) is 8.42 Å². The van der Waals surface area contributed by atoms with Crippen molar-refractivity contribution in [1.82, 2.24) is 14.5 Å². The minimum Gasteiger partial charge on any atom is -0.390 e. The second-order valence-corrected chi connectivity index (χ2v) is 7.77. The number of hydrogen-bond acceptors (Lipinski definition) is 4. The van der Waals surface area contributed by atoms with Crippen LogP contribution in [0.4, 0.5) is 0 Å². The van der Waals surface area contributed by atoms with Crippen molar-refractivity contribution in [3.63, 3.8) is 0 Å². The molecule has 2 heterocycles. The molecule has 1 aromatic heterocycles. The quantitative estimate of drug-likeness (QED) is 0.867. The Kier molecular flexibility index (Phi) is 4.75. The van der Waals surface area contributed by atoms with Gasteiger partial charge in [0.2, 0.25) is 10.0 Å². The number of piperidine rings is 1. The van der Waals surface area contributed by atoms with Crippen LogP contribution in [0.3, 0.4) is 0 Å². The van der Waals surface area contributed by atoms with E-state index in [0.717, 1.165) is 25.7 Å². The summed E-state index contributed by atoms with van der Waals surface area (Å²) in [6.07, 6.45) is 3.96. The lowest BCUT2D eigenvalue weighted by atomic mass is 9.75. The van der Waals surface area contributed by atoms with Gasteiger partial charge in [-0.15, -0.1) is 0 Å². The number of nitrogens with zero attached hydrogens (tertiary/aromatic N) is 2. The fraction of sp³-hybridized carbons (Fsp3) is 0.786. The van der Waals surface area contributed by atoms with E-state index in [9.17, 15) is 13.5 Å². The molecule has 120 valence electrons. The average Bonchev–Trinajstić information content (AvgIpc) is 2.89. The average molecular weight is 315 g/mol. The molecular weight excluding hydrogens is 290 g/mol. The van der Waals surface area contributed by atoms with Crippen molar-refractivity contribution in [2.75, 3.05) is 13.1 Å². The number of aromatic nitrogens is 2. The Labute approximate surface area is 126 Å². The van der Waals surface area contributed by atoms with Crippen LogP contribution in [-0.4, -0.2) is 41.1 Å². The molecule has 7 heteroatoms. The first-order valence-corrected chi connectivity index (χ1v) is 8.99. The summed E-state index contributed by atoms with van der Waals surface area (Å²) in [5, 5.41) is 15.8. The fourth-order valence-corrected chi connectivity index (χ4v) is 4.97. The molecule has 0 spiro atoms. The number of hydrogen-bond donors (Lipinski definition) is 2. The maximum absolute atomic E-state index is 12.8. The molecule has 0 bridgehead atoms. The smallest absolute Gasteiger partial charge is 0.246 e. The monoisotopic (exact) mass is 315 g/mol. The van der Waals surface area contributed by atoms with E-state index in [1.165, 1.54) is 4.31 Å². The van der Waals surface area contributed by atoms with Gasteiger partial charge < -0.3 is 5.11 Å². The van der Waals surface area contributed by atoms with Gasteiger partial charge in [0.15, 0.2) is 0 Å². The zero-order valence-corrected chi connectivity index (χ0v) is 13.8. The van der Waals surface area contributed by atoms with Gasteiger partial charge in [-0.2, -0.15) is 9.40 Å². The molecule has 0 radical (unpaired) electrons. The Balaban J connectivity index is 2.25. The second-order valence-electron chi connectivity index (χ2n) is 5.89. The zero-order valence-electron chi connectivity index (χ0n) is 13.0. The lowest BCUT2D eigenvalue weighted by Gasteiger charge is -2.40. The zero-order chi connectivity index (χ0) is 15.7. The summed E-state index contributed by atoms with van der Waals surface area (Å²) in [5.74, 6) is 0. The van der Waals surface area contributed by atoms with Gasteiger partial charge in [0.1, 0.15) is 10.6 Å². The van der Waals surface area contributed by atoms with Crippen LogP contribution in [0, 0.1) is 12.3 Å². The highest BCUT2D eigenvalue weighted by Gasteiger charge is 2.38. The first-order chi connectivity index (χ1) is 9.90. The molecule has 0 saturated carbocycles. The lowest BCUT2D eigenvalue weighted by molar-refractivity contribution is 0.141. The van der Waals surface area contributed by atoms with E-state index in [1.807, 2.05) is 0 Å². The number of aryl methyl sites for hydroxylation is 1. The third-order valence-electron chi connectivity index (χ3n) is 4.99. The summed E-state index contributed by atoms with van der Waals surface area (Å²) in [5.41, 5.74) is 0.967. The highest BCUT2D eigenvalue weighted by molar-refractivity contribution is 7.89. The topological polar surface area (TPSA) is 86.3 Å². The number of aliphatic hydroxyl groups excluding tert-OH is 1. The highest BCUT2D eigenvalue weighted by Crippen LogP contribution is 2.39. The van der Waals surface area contributed by atoms with Crippen LogP contribution in [0.15, 0.2) is 4.90 Å². The van der Waals surface area contributed by atoms with Crippen molar-refractivity contribution in [2.45, 2.75) is 58.0 Å². The highest BCUT2D eigenvalue weighted by atomic mass is 32.2. The van der Waals surface area contributed by atoms with Crippen LogP contribution in [0.5, 0.6) is 0 Å². The maximum atomic E-state index is 12.8. The van der Waals surface area contributed by atoms with Crippen LogP contribution in [-0.2, 0) is 16.6 Å². The van der Waals surface area contributed by atoms with E-state index in [2.05, 4.69) is 24.0 Å². The van der Waals surface area contributed by atoms with Crippen molar-refractivity contribution in [1.29, 1.82) is 0 Å². The van der Waals surface area contributed by atoms with Crippen LogP contribution >= 0.6 is 0 Å². The van der Waals surface area contributed by atoms with E-state index in [4.69, 9.17) is 0 Å². The van der Waals surface area contributed by atoms with Gasteiger partial charge in [-0.1, -0.05) is 26.7 Å². The largest absolute Gasteiger partial charge is 0.390 e. The van der Waals surface area contributed by atoms with Crippen LogP contribution < -0.4 is 0 Å². The maximum Gasteiger partial charge on any atom is 0.246 e. The molecule has 2 N–H and O–H groups in total. The van der Waals surface area contributed by atoms with Gasteiger partial charge in [0.25, 0.3) is 0 Å². The molecule has 2 rings (SSSR count). The first-order valence-electron chi connectivity index (χ1n) is 7.55. The van der Waals surface area contributed by atoms with E-state index >= 15 is 0 Å². The summed E-state index contributed by atoms with van der Waals surface area (Å²) in [6, 6.07) is 0. The van der Waals surface area contributed by atoms with Crippen molar-refractivity contribution in [3.05, 3.63) is 11.4 Å². The second kappa shape index (κ2) is 6.06. The molecule has 6 nitrogen and oxygen atoms in total. The SMILES string of the molecule is CCC1(CC)CCN(S(=O)(=O)c2c(CO)n[nH]c2C)CC1. The molecule has 1 aliphatic rings. The summed E-state index contributed by atoms with van der Waals surface area (Å²) < 4.78 is 27.1. The van der Waals surface area contributed by atoms with Gasteiger partial charge in [0, 0.05) is 13.1 Å². The molecule has 1 fully saturated rings. The Hall–Kier alpha value is -0.920. The summed E-state index contributed by atoms with van der Waals surface area (Å²) in [6.45, 7) is 6.74. The molecule has 21 heavy (non-hydrogen) atoms.